The van der Waals surface area contributed by atoms with Crippen LogP contribution in [-0.4, -0.2) is 76.0 Å². The summed E-state index contributed by atoms with van der Waals surface area (Å²) in [5.41, 5.74) is -2.12. The number of hydrogen-bond donors (Lipinski definition) is 1. The number of fused-ring (bicyclic) bond motifs is 1. The maximum Gasteiger partial charge on any atom is 0.471 e. The van der Waals surface area contributed by atoms with Crippen LogP contribution in [-0.2, 0) is 24.2 Å². The Morgan fingerprint density at radius 1 is 1.32 bits per heavy atom. The molecule has 0 aromatic rings. The van der Waals surface area contributed by atoms with E-state index < -0.39 is 55.5 Å². The van der Waals surface area contributed by atoms with E-state index in [2.05, 4.69) is 0 Å². The highest BCUT2D eigenvalue weighted by atomic mass is 32.2. The minimum absolute atomic E-state index is 0.0186. The Morgan fingerprint density at radius 2 is 1.80 bits per heavy atom. The Morgan fingerprint density at radius 3 is 2.16 bits per heavy atom. The fourth-order valence-electron chi connectivity index (χ4n) is 3.78. The standard InChI is InChI=1S/C13H17F3N2O6S/c1-5-12(10(21)22)11(2,3)25(23,24)8-6(7(19)18(8)12)17(4)9(20)13(14,15)16/h6,8H,5H2,1-4H3,(H,21,22)/t6-,8+,12-/m0/s1. The summed E-state index contributed by atoms with van der Waals surface area (Å²) >= 11 is 0. The van der Waals surface area contributed by atoms with E-state index in [0.29, 0.717) is 11.9 Å². The number of carbonyl (C=O) groups excluding carboxylic acids is 2. The zero-order valence-corrected chi connectivity index (χ0v) is 14.6. The molecule has 0 aliphatic carbocycles. The maximum absolute atomic E-state index is 12.8. The number of alkyl halides is 3. The third-order valence-electron chi connectivity index (χ3n) is 5.30. The SMILES string of the molecule is CC[C@@]1(C(=O)O)N2C(=O)[C@H](N(C)C(=O)C(F)(F)F)[C@H]2S(=O)(=O)C1(C)C. The summed E-state index contributed by atoms with van der Waals surface area (Å²) in [5, 5.41) is 7.78. The van der Waals surface area contributed by atoms with Crippen LogP contribution >= 0.6 is 0 Å². The van der Waals surface area contributed by atoms with Crippen molar-refractivity contribution in [3.8, 4) is 0 Å². The Balaban J connectivity index is 2.60. The first-order valence-electron chi connectivity index (χ1n) is 7.24. The van der Waals surface area contributed by atoms with Crippen molar-refractivity contribution in [1.82, 2.24) is 9.80 Å². The van der Waals surface area contributed by atoms with Crippen molar-refractivity contribution in [1.29, 1.82) is 0 Å². The average molecular weight is 386 g/mol. The second-order valence-electron chi connectivity index (χ2n) is 6.53. The number of carboxylic acids is 1. The highest BCUT2D eigenvalue weighted by Crippen LogP contribution is 2.55. The molecule has 2 amide bonds. The molecule has 25 heavy (non-hydrogen) atoms. The lowest BCUT2D eigenvalue weighted by molar-refractivity contribution is -0.196. The van der Waals surface area contributed by atoms with E-state index in [1.54, 1.807) is 0 Å². The number of aliphatic carboxylic acids is 1. The Kier molecular flexibility index (Phi) is 3.96. The summed E-state index contributed by atoms with van der Waals surface area (Å²) < 4.78 is 61.5. The van der Waals surface area contributed by atoms with Gasteiger partial charge in [-0.2, -0.15) is 13.2 Å². The third-order valence-corrected chi connectivity index (χ3v) is 8.16. The van der Waals surface area contributed by atoms with Gasteiger partial charge in [0.2, 0.25) is 0 Å². The maximum atomic E-state index is 12.8. The van der Waals surface area contributed by atoms with Crippen LogP contribution < -0.4 is 0 Å². The number of carbonyl (C=O) groups is 3. The number of likely N-dealkylation sites (N-methyl/N-ethyl adjacent to an activating group) is 1. The molecule has 2 fully saturated rings. The second kappa shape index (κ2) is 5.08. The van der Waals surface area contributed by atoms with Gasteiger partial charge in [-0.1, -0.05) is 6.92 Å². The van der Waals surface area contributed by atoms with Gasteiger partial charge in [0.1, 0.15) is 10.8 Å². The van der Waals surface area contributed by atoms with Crippen LogP contribution in [0.4, 0.5) is 13.2 Å². The summed E-state index contributed by atoms with van der Waals surface area (Å²) in [6, 6.07) is -1.91. The number of carboxylic acid groups (broad SMARTS) is 1. The van der Waals surface area contributed by atoms with Crippen molar-refractivity contribution < 1.29 is 41.1 Å². The molecule has 0 radical (unpaired) electrons. The van der Waals surface area contributed by atoms with Crippen molar-refractivity contribution in [3.63, 3.8) is 0 Å². The highest BCUT2D eigenvalue weighted by Gasteiger charge is 2.80. The molecule has 2 saturated heterocycles. The minimum atomic E-state index is -5.29. The van der Waals surface area contributed by atoms with E-state index in [9.17, 15) is 41.1 Å². The summed E-state index contributed by atoms with van der Waals surface area (Å²) in [6.45, 7) is 3.61. The number of β-lactam (4-membered cyclic amide) rings is 1. The van der Waals surface area contributed by atoms with Gasteiger partial charge in [0.05, 0.1) is 0 Å². The van der Waals surface area contributed by atoms with Gasteiger partial charge >= 0.3 is 18.1 Å². The minimum Gasteiger partial charge on any atom is -0.479 e. The van der Waals surface area contributed by atoms with Crippen molar-refractivity contribution in [2.75, 3.05) is 7.05 Å². The van der Waals surface area contributed by atoms with Crippen molar-refractivity contribution >= 4 is 27.6 Å². The van der Waals surface area contributed by atoms with Crippen LogP contribution in [0.15, 0.2) is 0 Å². The topological polar surface area (TPSA) is 112 Å². The first-order valence-corrected chi connectivity index (χ1v) is 8.79. The van der Waals surface area contributed by atoms with Gasteiger partial charge in [-0.15, -0.1) is 0 Å². The van der Waals surface area contributed by atoms with Gasteiger partial charge in [-0.25, -0.2) is 13.2 Å². The van der Waals surface area contributed by atoms with Gasteiger partial charge in [-0.05, 0) is 20.3 Å². The van der Waals surface area contributed by atoms with E-state index >= 15 is 0 Å². The Bertz CT molecular complexity index is 762. The van der Waals surface area contributed by atoms with Gasteiger partial charge in [-0.3, -0.25) is 9.59 Å². The van der Waals surface area contributed by atoms with Crippen LogP contribution in [0.25, 0.3) is 0 Å². The molecule has 2 aliphatic heterocycles. The first-order chi connectivity index (χ1) is 11.1. The molecule has 0 aromatic heterocycles. The molecule has 3 atom stereocenters. The predicted molar refractivity (Wildman–Crippen MR) is 76.9 cm³/mol. The highest BCUT2D eigenvalue weighted by molar-refractivity contribution is 7.94. The number of hydrogen-bond acceptors (Lipinski definition) is 5. The zero-order valence-electron chi connectivity index (χ0n) is 13.8. The zero-order chi connectivity index (χ0) is 19.7. The van der Waals surface area contributed by atoms with Crippen LogP contribution in [0.5, 0.6) is 0 Å². The molecular formula is C13H17F3N2O6S. The normalized spacial score (nSPS) is 32.8. The molecule has 1 N–H and O–H groups in total. The fraction of sp³-hybridized carbons (Fsp3) is 0.769. The van der Waals surface area contributed by atoms with E-state index in [4.69, 9.17) is 0 Å². The number of amides is 2. The largest absolute Gasteiger partial charge is 0.479 e. The van der Waals surface area contributed by atoms with Crippen LogP contribution in [0.3, 0.4) is 0 Å². The number of halogens is 3. The average Bonchev–Trinajstić information content (AvgIpc) is 2.57. The van der Waals surface area contributed by atoms with E-state index in [1.807, 2.05) is 0 Å². The summed E-state index contributed by atoms with van der Waals surface area (Å²) in [5.74, 6) is -5.07. The van der Waals surface area contributed by atoms with Crippen molar-refractivity contribution in [3.05, 3.63) is 0 Å². The van der Waals surface area contributed by atoms with Crippen LogP contribution in [0, 0.1) is 0 Å². The molecule has 0 saturated carbocycles. The fourth-order valence-corrected chi connectivity index (χ4v) is 6.39. The molecule has 2 rings (SSSR count). The van der Waals surface area contributed by atoms with Gasteiger partial charge in [0.25, 0.3) is 5.91 Å². The van der Waals surface area contributed by atoms with Crippen molar-refractivity contribution in [2.24, 2.45) is 0 Å². The molecule has 8 nitrogen and oxygen atoms in total. The second-order valence-corrected chi connectivity index (χ2v) is 9.13. The van der Waals surface area contributed by atoms with Crippen LogP contribution in [0.2, 0.25) is 0 Å². The smallest absolute Gasteiger partial charge is 0.471 e. The van der Waals surface area contributed by atoms with E-state index in [1.165, 1.54) is 6.92 Å². The summed E-state index contributed by atoms with van der Waals surface area (Å²) in [6.07, 6.45) is -5.55. The number of nitrogens with zero attached hydrogens (tertiary/aromatic N) is 2. The monoisotopic (exact) mass is 386 g/mol. The van der Waals surface area contributed by atoms with Gasteiger partial charge in [0.15, 0.2) is 20.8 Å². The Labute approximate surface area is 141 Å². The van der Waals surface area contributed by atoms with Gasteiger partial charge in [0, 0.05) is 7.05 Å². The molecule has 0 bridgehead atoms. The molecule has 12 heteroatoms. The molecule has 0 unspecified atom stereocenters. The predicted octanol–water partition coefficient (Wildman–Crippen LogP) is -0.0156. The quantitative estimate of drug-likeness (QED) is 0.683. The number of rotatable bonds is 3. The first kappa shape index (κ1) is 19.5. The van der Waals surface area contributed by atoms with Gasteiger partial charge < -0.3 is 14.9 Å². The van der Waals surface area contributed by atoms with E-state index in [0.717, 1.165) is 13.8 Å². The molecule has 0 spiro atoms. The molecular weight excluding hydrogens is 369 g/mol. The third kappa shape index (κ3) is 1.99. The summed E-state index contributed by atoms with van der Waals surface area (Å²) in [4.78, 5) is 36.3. The molecule has 2 heterocycles. The number of sulfone groups is 1. The molecule has 2 aliphatic rings. The Hall–Kier alpha value is -1.85. The summed E-state index contributed by atoms with van der Waals surface area (Å²) in [7, 11) is -3.70. The molecule has 142 valence electrons. The van der Waals surface area contributed by atoms with E-state index in [-0.39, 0.29) is 11.3 Å². The molecule has 0 aromatic carbocycles. The lowest BCUT2D eigenvalue weighted by Crippen LogP contribution is -2.76. The lowest BCUT2D eigenvalue weighted by atomic mass is 9.78. The lowest BCUT2D eigenvalue weighted by Gasteiger charge is -2.50. The van der Waals surface area contributed by atoms with Crippen molar-refractivity contribution in [2.45, 2.75) is 55.1 Å². The van der Waals surface area contributed by atoms with Crippen LogP contribution in [0.1, 0.15) is 27.2 Å².